The molecule has 45 nitrogen and oxygen atoms in total. The van der Waals surface area contributed by atoms with Gasteiger partial charge in [0.1, 0.15) is 90.3 Å². The highest BCUT2D eigenvalue weighted by molar-refractivity contribution is 8.00. The lowest BCUT2D eigenvalue weighted by Crippen LogP contribution is -2.62. The minimum Gasteiger partial charge on any atom is -0.508 e. The number of hydrogen-bond acceptors (Lipinski definition) is 24. The molecule has 0 aliphatic carbocycles. The number of aliphatic hydroxyl groups is 2. The van der Waals surface area contributed by atoms with E-state index in [2.05, 4.69) is 78.4 Å². The third kappa shape index (κ3) is 29.4. The summed E-state index contributed by atoms with van der Waals surface area (Å²) in [6, 6.07) is -2.69. The van der Waals surface area contributed by atoms with E-state index in [0.29, 0.717) is 57.0 Å². The number of carbonyl (C=O) groups is 17. The molecule has 17 amide bonds. The smallest absolute Gasteiger partial charge is 0.246 e. The molecular formula is C90H126N24O21S. The van der Waals surface area contributed by atoms with Crippen LogP contribution in [-0.4, -0.2) is 336 Å². The first kappa shape index (κ1) is 106. The number of carbonyl (C=O) groups excluding carboxylic acids is 17. The number of aromatic nitrogens is 4. The van der Waals surface area contributed by atoms with Crippen molar-refractivity contribution in [2.24, 2.45) is 23.1 Å². The Balaban J connectivity index is 1.10. The third-order valence-corrected chi connectivity index (χ3v) is 25.1. The highest BCUT2D eigenvalue weighted by Gasteiger charge is 2.47. The van der Waals surface area contributed by atoms with E-state index in [1.165, 1.54) is 72.0 Å². The van der Waals surface area contributed by atoms with Crippen LogP contribution >= 0.6 is 11.8 Å². The van der Waals surface area contributed by atoms with Crippen molar-refractivity contribution in [3.63, 3.8) is 0 Å². The highest BCUT2D eigenvalue weighted by Crippen LogP contribution is 2.28. The summed E-state index contributed by atoms with van der Waals surface area (Å²) in [5.41, 5.74) is 19.7. The summed E-state index contributed by atoms with van der Waals surface area (Å²) in [6.07, 6.45) is 2.38. The van der Waals surface area contributed by atoms with Crippen LogP contribution in [0.3, 0.4) is 0 Å². The Morgan fingerprint density at radius 1 is 0.581 bits per heavy atom. The summed E-state index contributed by atoms with van der Waals surface area (Å²) in [5.74, 6) is -18.4. The average molecular weight is 1910 g/mol. The van der Waals surface area contributed by atoms with Gasteiger partial charge in [-0.05, 0) is 92.3 Å². The van der Waals surface area contributed by atoms with Crippen molar-refractivity contribution in [3.8, 4) is 5.75 Å². The van der Waals surface area contributed by atoms with Gasteiger partial charge in [-0.25, -0.2) is 4.98 Å². The molecule has 9 rings (SSSR count). The maximum absolute atomic E-state index is 15.7. The number of phenolic OH excluding ortho intramolecular Hbond substituents is 1. The lowest BCUT2D eigenvalue weighted by Gasteiger charge is -2.36. The number of aromatic hydroxyl groups is 1. The summed E-state index contributed by atoms with van der Waals surface area (Å²) < 4.78 is 5.50. The number of thioether (sulfide) groups is 1. The van der Waals surface area contributed by atoms with Crippen LogP contribution < -0.4 is 75.7 Å². The molecule has 0 bridgehead atoms. The predicted molar refractivity (Wildman–Crippen MR) is 497 cm³/mol. The van der Waals surface area contributed by atoms with Crippen molar-refractivity contribution < 1.29 is 102 Å². The molecule has 3 fully saturated rings. The molecular weight excluding hydrogens is 1790 g/mol. The van der Waals surface area contributed by atoms with Crippen LogP contribution in [0.2, 0.25) is 0 Å². The summed E-state index contributed by atoms with van der Waals surface area (Å²) in [7, 11) is 5.14. The van der Waals surface area contributed by atoms with Gasteiger partial charge in [0.15, 0.2) is 5.96 Å². The van der Waals surface area contributed by atoms with Gasteiger partial charge >= 0.3 is 0 Å². The van der Waals surface area contributed by atoms with Gasteiger partial charge in [0.2, 0.25) is 100 Å². The number of imidazole rings is 1. The van der Waals surface area contributed by atoms with Crippen LogP contribution in [0.5, 0.6) is 5.75 Å². The minimum atomic E-state index is -1.92. The molecule has 1 unspecified atom stereocenters. The molecule has 3 aliphatic rings. The molecule has 6 aromatic rings. The zero-order chi connectivity index (χ0) is 99.3. The van der Waals surface area contributed by atoms with E-state index in [1.54, 1.807) is 74.8 Å². The van der Waals surface area contributed by atoms with Gasteiger partial charge in [-0.15, -0.1) is 11.8 Å². The quantitative estimate of drug-likeness (QED) is 0.0139. The number of likely N-dealkylation sites (N-methyl/N-ethyl adjacent to an activating group) is 3. The van der Waals surface area contributed by atoms with E-state index in [-0.39, 0.29) is 102 Å². The molecule has 24 N–H and O–H groups in total. The van der Waals surface area contributed by atoms with E-state index < -0.39 is 241 Å². The first-order chi connectivity index (χ1) is 64.8. The number of guanidine groups is 1. The lowest BCUT2D eigenvalue weighted by molar-refractivity contribution is -0.150. The number of nitrogens with two attached hydrogens (primary N) is 3. The Bertz CT molecular complexity index is 5250. The van der Waals surface area contributed by atoms with Crippen molar-refractivity contribution in [1.82, 2.24) is 103 Å². The van der Waals surface area contributed by atoms with Gasteiger partial charge in [-0.3, -0.25) is 86.9 Å². The van der Waals surface area contributed by atoms with Crippen molar-refractivity contribution >= 4 is 140 Å². The number of aliphatic hydroxyl groups excluding tert-OH is 2. The first-order valence-electron chi connectivity index (χ1n) is 45.1. The fourth-order valence-electron chi connectivity index (χ4n) is 16.6. The van der Waals surface area contributed by atoms with Crippen LogP contribution in [0.1, 0.15) is 121 Å². The number of hydrogen-bond donors (Lipinski definition) is 21. The molecule has 0 radical (unpaired) electrons. The van der Waals surface area contributed by atoms with Crippen LogP contribution in [0.25, 0.3) is 21.8 Å². The van der Waals surface area contributed by atoms with Crippen LogP contribution in [0.4, 0.5) is 0 Å². The Morgan fingerprint density at radius 2 is 1.14 bits per heavy atom. The largest absolute Gasteiger partial charge is 0.508 e. The van der Waals surface area contributed by atoms with E-state index in [4.69, 9.17) is 27.3 Å². The number of primary amides is 2. The van der Waals surface area contributed by atoms with Crippen LogP contribution in [0, 0.1) is 11.3 Å². The Hall–Kier alpha value is -13.8. The number of methoxy groups -OCH3 is 1. The molecule has 738 valence electrons. The van der Waals surface area contributed by atoms with Gasteiger partial charge in [0.05, 0.1) is 37.8 Å². The Morgan fingerprint density at radius 3 is 1.74 bits per heavy atom. The standard InChI is InChI=1S/C90H126N24O21S/c1-9-10-22-69-82(127)102-60(21-15-29-96-90(93)94)78(123)109-68(77(122)99-42-74(92)119)45-136-46-75(120)101-64(33-50-24-26-54(116)27-25-50)85(130)110(5)49(4)76(121)105-66(38-73(91)118)87(132)113-30-16-23-70(113)83(128)104-62(36-53-41-95-47-100-53)80(125)106-63(32-48(2)3)88(133)114-43-55(117)37-72(114)84(129)103-61(34-51-39-97-58-19-13-11-17-56(51)58)79(124)108-67(44-115)81(126)107-65(35-52-40-98-59-20-14-12-18-57(52)59)86(131)112(7)71(28-31-135-8)89(134)111(69)6/h11-14,17-20,24-27,39-41,47-49,55,60-72,97-98,115-117H,9-10,15-16,21-23,28-38,42-46H2,1-8H3,(H2,91,118)(H2,92,119)(H,95,100)(H,99,122)(H,101,120)(H,102,127)(H,103,129)(H,104,128)(H,105,121)(H,106,125)(H,107,126)(H,108,124)(H,109,123)(H4,93,94,96)/t49-,55+,60-,61-,62-,63-,64-,65-,66-,67-,68?,69-,70-,71-,72-/m0/s1. The highest BCUT2D eigenvalue weighted by atomic mass is 32.2. The fourth-order valence-corrected chi connectivity index (χ4v) is 17.5. The maximum atomic E-state index is 15.7. The van der Waals surface area contributed by atoms with Crippen molar-refractivity contribution in [2.75, 3.05) is 79.2 Å². The second-order valence-corrected chi connectivity index (χ2v) is 35.6. The number of nitrogens with zero attached hydrogens (tertiary/aromatic N) is 6. The molecule has 0 spiro atoms. The number of nitrogens with one attached hydrogen (secondary N) is 15. The Kier molecular flexibility index (Phi) is 39.4. The molecule has 0 saturated carbocycles. The van der Waals surface area contributed by atoms with E-state index in [9.17, 15) is 58.5 Å². The Labute approximate surface area is 788 Å². The number of phenols is 1. The van der Waals surface area contributed by atoms with Crippen molar-refractivity contribution in [2.45, 2.75) is 215 Å². The van der Waals surface area contributed by atoms with Gasteiger partial charge in [0.25, 0.3) is 0 Å². The number of fused-ring (bicyclic) bond motifs is 4. The van der Waals surface area contributed by atoms with E-state index >= 15 is 38.4 Å². The zero-order valence-electron chi connectivity index (χ0n) is 77.3. The molecule has 3 saturated heterocycles. The summed E-state index contributed by atoms with van der Waals surface area (Å²) >= 11 is 0.751. The molecule has 136 heavy (non-hydrogen) atoms. The monoisotopic (exact) mass is 1910 g/mol. The molecule has 46 heteroatoms. The van der Waals surface area contributed by atoms with Gasteiger partial charge in [-0.2, -0.15) is 0 Å². The lowest BCUT2D eigenvalue weighted by atomic mass is 10.0. The van der Waals surface area contributed by atoms with Gasteiger partial charge < -0.3 is 135 Å². The van der Waals surface area contributed by atoms with Gasteiger partial charge in [0, 0.05) is 145 Å². The van der Waals surface area contributed by atoms with Crippen molar-refractivity contribution in [3.05, 3.63) is 120 Å². The summed E-state index contributed by atoms with van der Waals surface area (Å²) in [4.78, 5) is 269. The minimum absolute atomic E-state index is 0.0187. The molecule has 15 atom stereocenters. The van der Waals surface area contributed by atoms with E-state index in [1.807, 2.05) is 6.92 Å². The SMILES string of the molecule is CCCC[C@H]1C(=O)N[C@@H](CCCNC(=N)N)C(=O)NC(C(=O)NCC(N)=O)CSCC(=O)N[C@@H](Cc2ccc(O)cc2)C(=O)N(C)[C@@H](C)C(=O)N[C@@H](CC(N)=O)C(=O)N2CCC[C@H]2C(=O)N[C@@H](Cc2cnc[nH]2)C(=O)N[C@@H](CC(C)C)C(=O)N2C[C@H](O)C[C@H]2C(=O)N[C@@H](Cc2c[nH]c3ccccc23)C(=O)N[C@@H](CO)C(=O)N[C@@H](Cc2c[nH]c3ccccc23)C(=O)N(C)[C@@H](CCOC)C(=O)N1C. The number of unbranched alkanes of at least 4 members (excludes halogenated alkanes) is 1. The number of H-pyrrole nitrogens is 3. The first-order valence-corrected chi connectivity index (χ1v) is 46.2. The zero-order valence-corrected chi connectivity index (χ0v) is 78.1. The molecule has 3 aromatic carbocycles. The summed E-state index contributed by atoms with van der Waals surface area (Å²) in [6.45, 7) is 3.91. The number of amides is 17. The maximum Gasteiger partial charge on any atom is 0.246 e. The second-order valence-electron chi connectivity index (χ2n) is 34.6. The molecule has 3 aliphatic heterocycles. The normalized spacial score (nSPS) is 24.7. The molecule has 3 aromatic heterocycles. The third-order valence-electron chi connectivity index (χ3n) is 24.1. The predicted octanol–water partition coefficient (Wildman–Crippen LogP) is -4.08. The summed E-state index contributed by atoms with van der Waals surface area (Å²) in [5, 5.41) is 70.9. The fraction of sp³-hybridized carbons (Fsp3) is 0.522. The second kappa shape index (κ2) is 50.5. The average Bonchev–Trinajstić information content (AvgIpc) is 1.38. The van der Waals surface area contributed by atoms with Gasteiger partial charge in [-0.1, -0.05) is 82.1 Å². The topological polar surface area (TPSA) is 671 Å². The number of rotatable bonds is 26. The van der Waals surface area contributed by atoms with Crippen molar-refractivity contribution in [1.29, 1.82) is 5.41 Å². The number of aromatic amines is 3. The number of para-hydroxylation sites is 2. The van der Waals surface area contributed by atoms with E-state index in [0.717, 1.165) is 36.3 Å². The molecule has 6 heterocycles. The van der Waals surface area contributed by atoms with Crippen LogP contribution in [-0.2, 0) is 112 Å². The van der Waals surface area contributed by atoms with Crippen LogP contribution in [0.15, 0.2) is 97.7 Å². The number of benzene rings is 3. The number of ether oxygens (including phenoxy) is 1.